The first kappa shape index (κ1) is 17.1. The fourth-order valence-corrected chi connectivity index (χ4v) is 2.33. The predicted molar refractivity (Wildman–Crippen MR) is 85.2 cm³/mol. The Bertz CT molecular complexity index is 459. The molecule has 1 aromatic rings. The van der Waals surface area contributed by atoms with Crippen LogP contribution in [0.15, 0.2) is 10.6 Å². The second-order valence-corrected chi connectivity index (χ2v) is 8.64. The van der Waals surface area contributed by atoms with Gasteiger partial charge in [-0.25, -0.2) is 0 Å². The third kappa shape index (κ3) is 4.85. The maximum Gasteiger partial charge on any atom is 0.241 e. The molecule has 1 aromatic heterocycles. The van der Waals surface area contributed by atoms with Crippen LogP contribution in [-0.2, 0) is 10.2 Å². The summed E-state index contributed by atoms with van der Waals surface area (Å²) >= 11 is 1.66. The molecular weight excluding hydrogens is 272 g/mol. The van der Waals surface area contributed by atoms with Crippen molar-refractivity contribution in [2.24, 2.45) is 5.92 Å². The highest BCUT2D eigenvalue weighted by Gasteiger charge is 2.29. The fourth-order valence-electron chi connectivity index (χ4n) is 1.39. The average Bonchev–Trinajstić information content (AvgIpc) is 2.74. The standard InChI is InChI=1S/C15H26N2O2S/c1-10(2)9-20-15(6,7)13(18)16-12-8-11(19-17-12)14(3,4)5/h8,10H,9H2,1-7H3,(H,16,17,18). The SMILES string of the molecule is CC(C)CSC(C)(C)C(=O)Nc1cc(C(C)(C)C)on1. The molecule has 0 aliphatic heterocycles. The van der Waals surface area contributed by atoms with Crippen LogP contribution in [0.25, 0.3) is 0 Å². The van der Waals surface area contributed by atoms with E-state index in [2.05, 4.69) is 24.3 Å². The molecule has 0 spiro atoms. The Morgan fingerprint density at radius 1 is 1.35 bits per heavy atom. The number of nitrogens with one attached hydrogen (secondary N) is 1. The molecule has 0 saturated carbocycles. The smallest absolute Gasteiger partial charge is 0.241 e. The number of nitrogens with zero attached hydrogens (tertiary/aromatic N) is 1. The maximum absolute atomic E-state index is 12.3. The van der Waals surface area contributed by atoms with E-state index in [4.69, 9.17) is 4.52 Å². The lowest BCUT2D eigenvalue weighted by Gasteiger charge is -2.23. The summed E-state index contributed by atoms with van der Waals surface area (Å²) in [5, 5.41) is 6.75. The van der Waals surface area contributed by atoms with Gasteiger partial charge in [0.1, 0.15) is 5.76 Å². The Balaban J connectivity index is 2.68. The zero-order valence-electron chi connectivity index (χ0n) is 13.5. The summed E-state index contributed by atoms with van der Waals surface area (Å²) in [6, 6.07) is 1.79. The van der Waals surface area contributed by atoms with Crippen LogP contribution in [-0.4, -0.2) is 21.6 Å². The van der Waals surface area contributed by atoms with E-state index in [1.165, 1.54) is 0 Å². The molecule has 1 N–H and O–H groups in total. The number of hydrogen-bond acceptors (Lipinski definition) is 4. The summed E-state index contributed by atoms with van der Waals surface area (Å²) < 4.78 is 4.79. The molecule has 20 heavy (non-hydrogen) atoms. The molecule has 4 nitrogen and oxygen atoms in total. The van der Waals surface area contributed by atoms with Crippen LogP contribution in [0.2, 0.25) is 0 Å². The average molecular weight is 298 g/mol. The molecule has 0 unspecified atom stereocenters. The predicted octanol–water partition coefficient (Wildman–Crippen LogP) is 4.08. The van der Waals surface area contributed by atoms with Crippen molar-refractivity contribution in [1.29, 1.82) is 0 Å². The number of anilines is 1. The Morgan fingerprint density at radius 2 is 1.95 bits per heavy atom. The highest BCUT2D eigenvalue weighted by atomic mass is 32.2. The molecule has 1 rings (SSSR count). The molecule has 0 saturated heterocycles. The van der Waals surface area contributed by atoms with E-state index in [-0.39, 0.29) is 11.3 Å². The lowest BCUT2D eigenvalue weighted by molar-refractivity contribution is -0.117. The number of amides is 1. The maximum atomic E-state index is 12.3. The third-order valence-corrected chi connectivity index (χ3v) is 4.56. The van der Waals surface area contributed by atoms with Crippen molar-refractivity contribution in [2.75, 3.05) is 11.1 Å². The molecule has 0 aliphatic rings. The molecule has 1 heterocycles. The van der Waals surface area contributed by atoms with Gasteiger partial charge in [0, 0.05) is 11.5 Å². The summed E-state index contributed by atoms with van der Waals surface area (Å²) in [7, 11) is 0. The van der Waals surface area contributed by atoms with Gasteiger partial charge in [-0.1, -0.05) is 39.8 Å². The number of carbonyl (C=O) groups is 1. The zero-order valence-corrected chi connectivity index (χ0v) is 14.4. The van der Waals surface area contributed by atoms with Gasteiger partial charge < -0.3 is 9.84 Å². The van der Waals surface area contributed by atoms with Crippen molar-refractivity contribution in [2.45, 2.75) is 58.6 Å². The highest BCUT2D eigenvalue weighted by molar-refractivity contribution is 8.01. The monoisotopic (exact) mass is 298 g/mol. The molecule has 0 fully saturated rings. The van der Waals surface area contributed by atoms with Gasteiger partial charge in [0.15, 0.2) is 5.82 Å². The topological polar surface area (TPSA) is 55.1 Å². The first-order valence-corrected chi connectivity index (χ1v) is 7.93. The number of carbonyl (C=O) groups excluding carboxylic acids is 1. The Morgan fingerprint density at radius 3 is 2.40 bits per heavy atom. The first-order valence-electron chi connectivity index (χ1n) is 6.95. The summed E-state index contributed by atoms with van der Waals surface area (Å²) in [6.45, 7) is 14.3. The van der Waals surface area contributed by atoms with Gasteiger partial charge in [-0.2, -0.15) is 0 Å². The van der Waals surface area contributed by atoms with E-state index < -0.39 is 4.75 Å². The van der Waals surface area contributed by atoms with Crippen molar-refractivity contribution in [1.82, 2.24) is 5.16 Å². The quantitative estimate of drug-likeness (QED) is 0.890. The van der Waals surface area contributed by atoms with Gasteiger partial charge in [0.05, 0.1) is 4.75 Å². The van der Waals surface area contributed by atoms with E-state index in [0.717, 1.165) is 11.5 Å². The minimum atomic E-state index is -0.481. The minimum absolute atomic E-state index is 0.0445. The second-order valence-electron chi connectivity index (χ2n) is 7.00. The third-order valence-electron chi connectivity index (χ3n) is 2.82. The molecule has 5 heteroatoms. The highest BCUT2D eigenvalue weighted by Crippen LogP contribution is 2.29. The van der Waals surface area contributed by atoms with Crippen molar-refractivity contribution >= 4 is 23.5 Å². The van der Waals surface area contributed by atoms with Gasteiger partial charge in [-0.15, -0.1) is 11.8 Å². The zero-order chi connectivity index (χ0) is 15.6. The van der Waals surface area contributed by atoms with Crippen LogP contribution in [0.5, 0.6) is 0 Å². The molecule has 0 radical (unpaired) electrons. The summed E-state index contributed by atoms with van der Waals surface area (Å²) in [5.41, 5.74) is -0.113. The van der Waals surface area contributed by atoms with E-state index in [1.807, 2.05) is 34.6 Å². The van der Waals surface area contributed by atoms with Gasteiger partial charge in [0.2, 0.25) is 5.91 Å². The molecule has 1 amide bonds. The first-order chi connectivity index (χ1) is 9.02. The van der Waals surface area contributed by atoms with Crippen LogP contribution in [0, 0.1) is 5.92 Å². The van der Waals surface area contributed by atoms with Crippen LogP contribution >= 0.6 is 11.8 Å². The molecule has 0 atom stereocenters. The summed E-state index contributed by atoms with van der Waals surface area (Å²) in [6.07, 6.45) is 0. The van der Waals surface area contributed by atoms with Gasteiger partial charge in [-0.3, -0.25) is 4.79 Å². The van der Waals surface area contributed by atoms with Crippen LogP contribution in [0.3, 0.4) is 0 Å². The van der Waals surface area contributed by atoms with Crippen LogP contribution in [0.1, 0.15) is 54.2 Å². The van der Waals surface area contributed by atoms with Crippen molar-refractivity contribution in [3.8, 4) is 0 Å². The minimum Gasteiger partial charge on any atom is -0.359 e. The fraction of sp³-hybridized carbons (Fsp3) is 0.733. The molecule has 0 aromatic carbocycles. The summed E-state index contributed by atoms with van der Waals surface area (Å²) in [4.78, 5) is 12.3. The molecule has 0 bridgehead atoms. The van der Waals surface area contributed by atoms with Crippen molar-refractivity contribution in [3.63, 3.8) is 0 Å². The van der Waals surface area contributed by atoms with Gasteiger partial charge in [-0.05, 0) is 25.5 Å². The lowest BCUT2D eigenvalue weighted by atomic mass is 9.93. The van der Waals surface area contributed by atoms with E-state index in [9.17, 15) is 4.79 Å². The van der Waals surface area contributed by atoms with Crippen LogP contribution in [0.4, 0.5) is 5.82 Å². The molecule has 0 aliphatic carbocycles. The van der Waals surface area contributed by atoms with Gasteiger partial charge in [0.25, 0.3) is 0 Å². The Hall–Kier alpha value is -0.970. The lowest BCUT2D eigenvalue weighted by Crippen LogP contribution is -2.34. The molecular formula is C15H26N2O2S. The van der Waals surface area contributed by atoms with Gasteiger partial charge >= 0.3 is 0 Å². The number of thioether (sulfide) groups is 1. The largest absolute Gasteiger partial charge is 0.359 e. The van der Waals surface area contributed by atoms with Crippen LogP contribution < -0.4 is 5.32 Å². The summed E-state index contributed by atoms with van der Waals surface area (Å²) in [5.74, 6) is 2.72. The Kier molecular flexibility index (Phi) is 5.30. The van der Waals surface area contributed by atoms with E-state index in [1.54, 1.807) is 17.8 Å². The van der Waals surface area contributed by atoms with Crippen molar-refractivity contribution in [3.05, 3.63) is 11.8 Å². The van der Waals surface area contributed by atoms with E-state index in [0.29, 0.717) is 11.7 Å². The normalized spacial score (nSPS) is 12.8. The van der Waals surface area contributed by atoms with Crippen molar-refractivity contribution < 1.29 is 9.32 Å². The number of rotatable bonds is 5. The number of aromatic nitrogens is 1. The number of hydrogen-bond donors (Lipinski definition) is 1. The second kappa shape index (κ2) is 6.20. The molecule has 114 valence electrons. The Labute approximate surface area is 126 Å². The van der Waals surface area contributed by atoms with E-state index >= 15 is 0 Å².